The highest BCUT2D eigenvalue weighted by Gasteiger charge is 2.14. The maximum atomic E-state index is 11.3. The minimum absolute atomic E-state index is 0.0364. The summed E-state index contributed by atoms with van der Waals surface area (Å²) in [7, 11) is -2.20. The van der Waals surface area contributed by atoms with Gasteiger partial charge in [-0.2, -0.15) is 5.26 Å². The third-order valence-corrected chi connectivity index (χ3v) is 3.64. The van der Waals surface area contributed by atoms with Crippen LogP contribution in [0.3, 0.4) is 0 Å². The fraction of sp³-hybridized carbons (Fsp3) is 0.417. The Hall–Kier alpha value is -1.82. The minimum atomic E-state index is -3.78. The molecule has 0 radical (unpaired) electrons. The van der Waals surface area contributed by atoms with Crippen molar-refractivity contribution in [2.45, 2.75) is 11.3 Å². The van der Waals surface area contributed by atoms with E-state index in [1.54, 1.807) is 13.2 Å². The molecule has 1 aromatic rings. The van der Waals surface area contributed by atoms with Crippen LogP contribution in [-0.2, 0) is 14.8 Å². The number of primary sulfonamides is 1. The summed E-state index contributed by atoms with van der Waals surface area (Å²) in [4.78, 5) is 1.83. The van der Waals surface area contributed by atoms with Gasteiger partial charge in [0.25, 0.3) is 0 Å². The molecule has 110 valence electrons. The van der Waals surface area contributed by atoms with Crippen molar-refractivity contribution in [1.82, 2.24) is 0 Å². The molecule has 20 heavy (non-hydrogen) atoms. The van der Waals surface area contributed by atoms with Crippen LogP contribution in [0.5, 0.6) is 0 Å². The molecule has 0 aliphatic rings. The fourth-order valence-corrected chi connectivity index (χ4v) is 2.29. The average Bonchev–Trinajstić information content (AvgIpc) is 2.38. The first-order valence-corrected chi connectivity index (χ1v) is 7.48. The van der Waals surface area contributed by atoms with Gasteiger partial charge in [-0.3, -0.25) is 0 Å². The maximum absolute atomic E-state index is 11.3. The van der Waals surface area contributed by atoms with E-state index in [2.05, 4.69) is 6.07 Å². The van der Waals surface area contributed by atoms with E-state index in [0.29, 0.717) is 37.5 Å². The summed E-state index contributed by atoms with van der Waals surface area (Å²) in [5.74, 6) is 0. The molecule has 0 aromatic heterocycles. The molecule has 0 aliphatic heterocycles. The number of nitrogen functional groups attached to an aromatic ring is 1. The predicted molar refractivity (Wildman–Crippen MR) is 76.5 cm³/mol. The molecule has 0 atom stereocenters. The van der Waals surface area contributed by atoms with Crippen molar-refractivity contribution in [2.24, 2.45) is 5.14 Å². The SMILES string of the molecule is COCCN(CCC#N)c1ccc(S(N)(=O)=O)cc1N. The van der Waals surface area contributed by atoms with Gasteiger partial charge in [-0.15, -0.1) is 0 Å². The summed E-state index contributed by atoms with van der Waals surface area (Å²) in [6.45, 7) is 1.51. The Kier molecular flexibility index (Phi) is 5.76. The van der Waals surface area contributed by atoms with Crippen LogP contribution >= 0.6 is 0 Å². The number of rotatable bonds is 7. The van der Waals surface area contributed by atoms with Gasteiger partial charge in [0.15, 0.2) is 0 Å². The molecule has 0 spiro atoms. The molecule has 0 saturated heterocycles. The molecular formula is C12H18N4O3S. The van der Waals surface area contributed by atoms with Gasteiger partial charge in [0.05, 0.1) is 35.4 Å². The standard InChI is InChI=1S/C12H18N4O3S/c1-19-8-7-16(6-2-5-13)12-4-3-10(9-11(12)14)20(15,17)18/h3-4,9H,2,6-8,14H2,1H3,(H2,15,17,18). The Bertz CT molecular complexity index is 595. The van der Waals surface area contributed by atoms with Gasteiger partial charge in [-0.1, -0.05) is 0 Å². The van der Waals surface area contributed by atoms with E-state index in [9.17, 15) is 8.42 Å². The second-order valence-corrected chi connectivity index (χ2v) is 5.72. The topological polar surface area (TPSA) is 122 Å². The van der Waals surface area contributed by atoms with Crippen LogP contribution in [0, 0.1) is 11.3 Å². The highest BCUT2D eigenvalue weighted by molar-refractivity contribution is 7.89. The Balaban J connectivity index is 3.05. The smallest absolute Gasteiger partial charge is 0.238 e. The van der Waals surface area contributed by atoms with Crippen LogP contribution in [0.2, 0.25) is 0 Å². The largest absolute Gasteiger partial charge is 0.397 e. The van der Waals surface area contributed by atoms with Crippen molar-refractivity contribution in [3.63, 3.8) is 0 Å². The second kappa shape index (κ2) is 7.09. The number of nitrogens with two attached hydrogens (primary N) is 2. The number of hydrogen-bond acceptors (Lipinski definition) is 6. The number of methoxy groups -OCH3 is 1. The highest BCUT2D eigenvalue weighted by atomic mass is 32.2. The van der Waals surface area contributed by atoms with Gasteiger partial charge in [0.2, 0.25) is 10.0 Å². The van der Waals surface area contributed by atoms with Crippen LogP contribution in [0.25, 0.3) is 0 Å². The lowest BCUT2D eigenvalue weighted by atomic mass is 10.2. The van der Waals surface area contributed by atoms with Crippen LogP contribution < -0.4 is 15.8 Å². The predicted octanol–water partition coefficient (Wildman–Crippen LogP) is 0.283. The molecule has 1 aromatic carbocycles. The normalized spacial score (nSPS) is 11.1. The Morgan fingerprint density at radius 1 is 1.40 bits per heavy atom. The monoisotopic (exact) mass is 298 g/mol. The summed E-state index contributed by atoms with van der Waals surface area (Å²) >= 11 is 0. The molecule has 0 fully saturated rings. The highest BCUT2D eigenvalue weighted by Crippen LogP contribution is 2.26. The van der Waals surface area contributed by atoms with E-state index in [0.717, 1.165) is 0 Å². The van der Waals surface area contributed by atoms with Crippen molar-refractivity contribution in [3.8, 4) is 6.07 Å². The van der Waals surface area contributed by atoms with E-state index in [-0.39, 0.29) is 4.90 Å². The summed E-state index contributed by atoms with van der Waals surface area (Å²) in [6.07, 6.45) is 0.333. The van der Waals surface area contributed by atoms with E-state index < -0.39 is 10.0 Å². The maximum Gasteiger partial charge on any atom is 0.238 e. The second-order valence-electron chi connectivity index (χ2n) is 4.15. The first-order chi connectivity index (χ1) is 9.40. The number of sulfonamides is 1. The van der Waals surface area contributed by atoms with E-state index >= 15 is 0 Å². The number of benzene rings is 1. The lowest BCUT2D eigenvalue weighted by molar-refractivity contribution is 0.205. The number of anilines is 2. The van der Waals surface area contributed by atoms with Crippen molar-refractivity contribution in [3.05, 3.63) is 18.2 Å². The molecule has 0 bridgehead atoms. The molecule has 4 N–H and O–H groups in total. The molecule has 0 unspecified atom stereocenters. The molecule has 0 aliphatic carbocycles. The van der Waals surface area contributed by atoms with E-state index in [4.69, 9.17) is 20.9 Å². The van der Waals surface area contributed by atoms with Crippen LogP contribution in [0.1, 0.15) is 6.42 Å². The number of ether oxygens (including phenoxy) is 1. The molecule has 0 saturated carbocycles. The van der Waals surface area contributed by atoms with Crippen molar-refractivity contribution >= 4 is 21.4 Å². The Labute approximate surface area is 118 Å². The molecule has 1 rings (SSSR count). The third-order valence-electron chi connectivity index (χ3n) is 2.73. The Morgan fingerprint density at radius 3 is 2.60 bits per heavy atom. The van der Waals surface area contributed by atoms with Crippen molar-refractivity contribution in [2.75, 3.05) is 37.4 Å². The number of nitrogens with zero attached hydrogens (tertiary/aromatic N) is 2. The van der Waals surface area contributed by atoms with Gasteiger partial charge in [0.1, 0.15) is 0 Å². The zero-order valence-electron chi connectivity index (χ0n) is 11.2. The Morgan fingerprint density at radius 2 is 2.10 bits per heavy atom. The fourth-order valence-electron chi connectivity index (χ4n) is 1.74. The third kappa shape index (κ3) is 4.38. The lowest BCUT2D eigenvalue weighted by Gasteiger charge is -2.25. The lowest BCUT2D eigenvalue weighted by Crippen LogP contribution is -2.29. The van der Waals surface area contributed by atoms with E-state index in [1.165, 1.54) is 12.1 Å². The van der Waals surface area contributed by atoms with Gasteiger partial charge in [-0.25, -0.2) is 13.6 Å². The van der Waals surface area contributed by atoms with Crippen molar-refractivity contribution < 1.29 is 13.2 Å². The van der Waals surface area contributed by atoms with Crippen LogP contribution in [-0.4, -0.2) is 35.2 Å². The summed E-state index contributed by atoms with van der Waals surface area (Å²) in [5, 5.41) is 13.7. The quantitative estimate of drug-likeness (QED) is 0.697. The zero-order valence-corrected chi connectivity index (χ0v) is 12.1. The molecular weight excluding hydrogens is 280 g/mol. The average molecular weight is 298 g/mol. The molecule has 0 amide bonds. The summed E-state index contributed by atoms with van der Waals surface area (Å²) in [5.41, 5.74) is 6.83. The van der Waals surface area contributed by atoms with Gasteiger partial charge < -0.3 is 15.4 Å². The summed E-state index contributed by atoms with van der Waals surface area (Å²) in [6, 6.07) is 6.36. The number of hydrogen-bond donors (Lipinski definition) is 2. The first-order valence-electron chi connectivity index (χ1n) is 5.93. The molecule has 8 heteroatoms. The van der Waals surface area contributed by atoms with Gasteiger partial charge >= 0.3 is 0 Å². The van der Waals surface area contributed by atoms with E-state index in [1.807, 2.05) is 4.90 Å². The number of nitriles is 1. The summed E-state index contributed by atoms with van der Waals surface area (Å²) < 4.78 is 27.5. The van der Waals surface area contributed by atoms with Gasteiger partial charge in [0, 0.05) is 20.2 Å². The first kappa shape index (κ1) is 16.2. The zero-order chi connectivity index (χ0) is 15.2. The molecule has 7 nitrogen and oxygen atoms in total. The minimum Gasteiger partial charge on any atom is -0.397 e. The molecule has 0 heterocycles. The van der Waals surface area contributed by atoms with Crippen LogP contribution in [0.4, 0.5) is 11.4 Å². The van der Waals surface area contributed by atoms with Crippen molar-refractivity contribution in [1.29, 1.82) is 5.26 Å². The van der Waals surface area contributed by atoms with Crippen LogP contribution in [0.15, 0.2) is 23.1 Å². The van der Waals surface area contributed by atoms with Gasteiger partial charge in [-0.05, 0) is 18.2 Å².